The van der Waals surface area contributed by atoms with Gasteiger partial charge in [-0.25, -0.2) is 15.0 Å². The Balaban J connectivity index is 1.18. The van der Waals surface area contributed by atoms with Gasteiger partial charge in [0.1, 0.15) is 0 Å². The largest absolute Gasteiger partial charge is 0.208 e. The van der Waals surface area contributed by atoms with E-state index in [1.54, 1.807) is 0 Å². The minimum atomic E-state index is 0.656. The maximum atomic E-state index is 5.04. The van der Waals surface area contributed by atoms with Crippen LogP contribution in [0, 0.1) is 0 Å². The van der Waals surface area contributed by atoms with Crippen molar-refractivity contribution in [1.29, 1.82) is 0 Å². The topological polar surface area (TPSA) is 38.7 Å². The first kappa shape index (κ1) is 26.6. The van der Waals surface area contributed by atoms with Gasteiger partial charge < -0.3 is 0 Å². The Labute approximate surface area is 275 Å². The molecule has 0 aliphatic rings. The summed E-state index contributed by atoms with van der Waals surface area (Å²) in [7, 11) is 0. The maximum absolute atomic E-state index is 5.04. The van der Waals surface area contributed by atoms with E-state index < -0.39 is 0 Å². The van der Waals surface area contributed by atoms with Gasteiger partial charge in [-0.2, -0.15) is 0 Å². The molecule has 0 amide bonds. The summed E-state index contributed by atoms with van der Waals surface area (Å²) >= 11 is 7.32. The highest BCUT2D eigenvalue weighted by molar-refractivity contribution is 9.10. The fraction of sp³-hybridized carbons (Fsp3) is 0. The van der Waals surface area contributed by atoms with E-state index in [4.69, 9.17) is 15.0 Å². The lowest BCUT2D eigenvalue weighted by molar-refractivity contribution is 1.07. The molecule has 0 unspecified atom stereocenters. The van der Waals surface area contributed by atoms with Gasteiger partial charge in [0, 0.05) is 61.5 Å². The molecule has 0 atom stereocenters. The molecule has 0 aliphatic carbocycles. The fourth-order valence-corrected chi connectivity index (χ4v) is 8.61. The Morgan fingerprint density at radius 3 is 1.80 bits per heavy atom. The Kier molecular flexibility index (Phi) is 6.33. The average Bonchev–Trinajstić information content (AvgIpc) is 3.66. The second-order valence-corrected chi connectivity index (χ2v) is 14.1. The average molecular weight is 677 g/mol. The molecule has 0 bridgehead atoms. The van der Waals surface area contributed by atoms with Crippen molar-refractivity contribution >= 4 is 78.9 Å². The van der Waals surface area contributed by atoms with Crippen molar-refractivity contribution in [1.82, 2.24) is 15.0 Å². The van der Waals surface area contributed by atoms with Gasteiger partial charge in [-0.1, -0.05) is 101 Å². The minimum Gasteiger partial charge on any atom is -0.208 e. The Morgan fingerprint density at radius 2 is 0.978 bits per heavy atom. The molecule has 0 radical (unpaired) electrons. The molecular weight excluding hydrogens is 654 g/mol. The fourth-order valence-electron chi connectivity index (χ4n) is 6.05. The number of benzene rings is 6. The summed E-state index contributed by atoms with van der Waals surface area (Å²) in [5.74, 6) is 1.99. The van der Waals surface area contributed by atoms with Gasteiger partial charge in [0.05, 0.1) is 0 Å². The normalized spacial score (nSPS) is 11.7. The van der Waals surface area contributed by atoms with E-state index in [1.807, 2.05) is 53.0 Å². The van der Waals surface area contributed by atoms with Crippen LogP contribution in [-0.4, -0.2) is 15.0 Å². The molecule has 9 rings (SSSR count). The van der Waals surface area contributed by atoms with Gasteiger partial charge >= 0.3 is 0 Å². The predicted octanol–water partition coefficient (Wildman–Crippen LogP) is 12.0. The van der Waals surface area contributed by atoms with Crippen molar-refractivity contribution < 1.29 is 0 Å². The highest BCUT2D eigenvalue weighted by Crippen LogP contribution is 2.41. The summed E-state index contributed by atoms with van der Waals surface area (Å²) in [5, 5.41) is 5.04. The molecular formula is C39H22BrN3S2. The highest BCUT2D eigenvalue weighted by Gasteiger charge is 2.15. The Hall–Kier alpha value is -4.75. The van der Waals surface area contributed by atoms with E-state index in [1.165, 1.54) is 45.9 Å². The van der Waals surface area contributed by atoms with Gasteiger partial charge in [-0.05, 0) is 59.7 Å². The lowest BCUT2D eigenvalue weighted by Crippen LogP contribution is -2.00. The van der Waals surface area contributed by atoms with Crippen molar-refractivity contribution in [3.8, 4) is 45.3 Å². The van der Waals surface area contributed by atoms with Crippen LogP contribution in [0.4, 0.5) is 0 Å². The number of hydrogen-bond donors (Lipinski definition) is 0. The first-order valence-electron chi connectivity index (χ1n) is 14.6. The Morgan fingerprint density at radius 1 is 0.400 bits per heavy atom. The van der Waals surface area contributed by atoms with Crippen LogP contribution in [0.15, 0.2) is 138 Å². The lowest BCUT2D eigenvalue weighted by atomic mass is 9.98. The van der Waals surface area contributed by atoms with Crippen LogP contribution in [0.3, 0.4) is 0 Å². The number of nitrogens with zero attached hydrogens (tertiary/aromatic N) is 3. The molecule has 0 spiro atoms. The zero-order chi connectivity index (χ0) is 29.9. The molecule has 9 aromatic rings. The van der Waals surface area contributed by atoms with E-state index in [2.05, 4.69) is 119 Å². The maximum Gasteiger partial charge on any atom is 0.164 e. The van der Waals surface area contributed by atoms with E-state index in [0.717, 1.165) is 26.7 Å². The van der Waals surface area contributed by atoms with Crippen LogP contribution in [0.2, 0.25) is 0 Å². The quantitative estimate of drug-likeness (QED) is 0.186. The molecule has 3 aromatic heterocycles. The number of hydrogen-bond acceptors (Lipinski definition) is 5. The van der Waals surface area contributed by atoms with E-state index in [-0.39, 0.29) is 0 Å². The van der Waals surface area contributed by atoms with E-state index in [9.17, 15) is 0 Å². The van der Waals surface area contributed by atoms with Crippen molar-refractivity contribution in [3.63, 3.8) is 0 Å². The summed E-state index contributed by atoms with van der Waals surface area (Å²) in [6.07, 6.45) is 0. The van der Waals surface area contributed by atoms with E-state index >= 15 is 0 Å². The van der Waals surface area contributed by atoms with Crippen molar-refractivity contribution in [2.24, 2.45) is 0 Å². The highest BCUT2D eigenvalue weighted by atomic mass is 79.9. The number of halogens is 1. The third kappa shape index (κ3) is 4.65. The first-order valence-corrected chi connectivity index (χ1v) is 17.1. The molecule has 0 saturated carbocycles. The molecule has 0 N–H and O–H groups in total. The van der Waals surface area contributed by atoms with Gasteiger partial charge in [-0.15, -0.1) is 22.7 Å². The summed E-state index contributed by atoms with van der Waals surface area (Å²) in [4.78, 5) is 15.0. The molecule has 0 saturated heterocycles. The van der Waals surface area contributed by atoms with Crippen LogP contribution in [0.25, 0.3) is 85.6 Å². The zero-order valence-corrected chi connectivity index (χ0v) is 27.0. The Bertz CT molecular complexity index is 2550. The van der Waals surface area contributed by atoms with Crippen molar-refractivity contribution in [2.75, 3.05) is 0 Å². The number of rotatable bonds is 4. The van der Waals surface area contributed by atoms with Crippen LogP contribution in [-0.2, 0) is 0 Å². The summed E-state index contributed by atoms with van der Waals surface area (Å²) in [6, 6.07) is 46.9. The predicted molar refractivity (Wildman–Crippen MR) is 195 cm³/mol. The van der Waals surface area contributed by atoms with Crippen LogP contribution < -0.4 is 0 Å². The van der Waals surface area contributed by atoms with Crippen LogP contribution in [0.1, 0.15) is 0 Å². The smallest absolute Gasteiger partial charge is 0.164 e. The number of aromatic nitrogens is 3. The molecule has 6 aromatic carbocycles. The standard InChI is InChI=1S/C39H22BrN3S2/c40-27-18-20-34-31(22-27)36-28(10-6-12-35(36)45-34)23-13-15-25(16-14-23)38-41-37(24-7-2-1-3-8-24)42-39(43-38)26-17-19-33-30(21-26)29-9-4-5-11-32(29)44-33/h1-22H. The molecule has 3 nitrogen and oxygen atoms in total. The SMILES string of the molecule is Brc1ccc2sc3cccc(-c4ccc(-c5nc(-c6ccccc6)nc(-c6ccc7sc8ccccc8c7c6)n5)cc4)c3c2c1. The second kappa shape index (κ2) is 10.7. The lowest BCUT2D eigenvalue weighted by Gasteiger charge is -2.10. The molecule has 0 aliphatic heterocycles. The number of fused-ring (bicyclic) bond motifs is 6. The van der Waals surface area contributed by atoms with Crippen molar-refractivity contribution in [3.05, 3.63) is 138 Å². The van der Waals surface area contributed by atoms with Crippen LogP contribution in [0.5, 0.6) is 0 Å². The molecule has 212 valence electrons. The summed E-state index contributed by atoms with van der Waals surface area (Å²) in [5.41, 5.74) is 5.28. The van der Waals surface area contributed by atoms with Gasteiger partial charge in [0.2, 0.25) is 0 Å². The molecule has 3 heterocycles. The monoisotopic (exact) mass is 675 g/mol. The summed E-state index contributed by atoms with van der Waals surface area (Å²) < 4.78 is 6.21. The second-order valence-electron chi connectivity index (χ2n) is 11.0. The number of thiophene rings is 2. The van der Waals surface area contributed by atoms with Crippen LogP contribution >= 0.6 is 38.6 Å². The first-order chi connectivity index (χ1) is 22.2. The minimum absolute atomic E-state index is 0.656. The van der Waals surface area contributed by atoms with Gasteiger partial charge in [-0.3, -0.25) is 0 Å². The van der Waals surface area contributed by atoms with Crippen molar-refractivity contribution in [2.45, 2.75) is 0 Å². The third-order valence-electron chi connectivity index (χ3n) is 8.21. The molecule has 0 fully saturated rings. The molecule has 45 heavy (non-hydrogen) atoms. The van der Waals surface area contributed by atoms with E-state index in [0.29, 0.717) is 17.5 Å². The third-order valence-corrected chi connectivity index (χ3v) is 11.0. The summed E-state index contributed by atoms with van der Waals surface area (Å²) in [6.45, 7) is 0. The van der Waals surface area contributed by atoms with Gasteiger partial charge in [0.15, 0.2) is 17.5 Å². The zero-order valence-electron chi connectivity index (χ0n) is 23.7. The van der Waals surface area contributed by atoms with Gasteiger partial charge in [0.25, 0.3) is 0 Å². The molecule has 6 heteroatoms.